The van der Waals surface area contributed by atoms with Gasteiger partial charge in [0, 0.05) is 6.07 Å². The maximum Gasteiger partial charge on any atom is 0.319 e. The molecule has 0 heterocycles. The largest absolute Gasteiger partial charge is 0.497 e. The van der Waals surface area contributed by atoms with Gasteiger partial charge in [0.05, 0.1) is 24.9 Å². The Morgan fingerprint density at radius 1 is 1.45 bits per heavy atom. The van der Waals surface area contributed by atoms with Crippen molar-refractivity contribution in [3.63, 3.8) is 0 Å². The third-order valence-electron chi connectivity index (χ3n) is 3.66. The maximum atomic E-state index is 13.6. The van der Waals surface area contributed by atoms with E-state index in [0.717, 1.165) is 25.7 Å². The molecule has 5 nitrogen and oxygen atoms in total. The zero-order valence-corrected chi connectivity index (χ0v) is 11.4. The summed E-state index contributed by atoms with van der Waals surface area (Å²) in [7, 11) is 1.47. The lowest BCUT2D eigenvalue weighted by Gasteiger charge is -2.28. The molecule has 0 aromatic heterocycles. The lowest BCUT2D eigenvalue weighted by molar-refractivity contribution is 0.167. The zero-order valence-electron chi connectivity index (χ0n) is 11.4. The highest BCUT2D eigenvalue weighted by molar-refractivity contribution is 5.90. The number of urea groups is 1. The minimum Gasteiger partial charge on any atom is -0.497 e. The van der Waals surface area contributed by atoms with Crippen LogP contribution in [0.15, 0.2) is 18.2 Å². The van der Waals surface area contributed by atoms with E-state index in [1.54, 1.807) is 0 Å². The fourth-order valence-corrected chi connectivity index (χ4v) is 2.50. The second-order valence-corrected chi connectivity index (χ2v) is 5.07. The summed E-state index contributed by atoms with van der Waals surface area (Å²) in [6.07, 6.45) is 3.40. The van der Waals surface area contributed by atoms with Crippen LogP contribution in [0, 0.1) is 5.82 Å². The van der Waals surface area contributed by atoms with Gasteiger partial charge in [0.1, 0.15) is 11.6 Å². The molecule has 0 unspecified atom stereocenters. The molecule has 2 rings (SSSR count). The van der Waals surface area contributed by atoms with Crippen LogP contribution in [0.5, 0.6) is 5.75 Å². The van der Waals surface area contributed by atoms with Crippen molar-refractivity contribution in [1.29, 1.82) is 0 Å². The van der Waals surface area contributed by atoms with Crippen molar-refractivity contribution in [1.82, 2.24) is 5.32 Å². The first kappa shape index (κ1) is 14.6. The summed E-state index contributed by atoms with van der Waals surface area (Å²) in [5.74, 6) is -0.0788. The van der Waals surface area contributed by atoms with Gasteiger partial charge in [-0.25, -0.2) is 9.18 Å². The van der Waals surface area contributed by atoms with Crippen molar-refractivity contribution in [2.75, 3.05) is 19.0 Å². The van der Waals surface area contributed by atoms with Gasteiger partial charge in [0.15, 0.2) is 0 Å². The topological polar surface area (TPSA) is 70.6 Å². The van der Waals surface area contributed by atoms with Gasteiger partial charge in [-0.3, -0.25) is 0 Å². The molecular weight excluding hydrogens is 263 g/mol. The Labute approximate surface area is 117 Å². The Kier molecular flexibility index (Phi) is 4.44. The minimum absolute atomic E-state index is 0.0490. The molecule has 0 spiro atoms. The number of rotatable bonds is 4. The number of hydrogen-bond acceptors (Lipinski definition) is 3. The van der Waals surface area contributed by atoms with Crippen LogP contribution in [0.2, 0.25) is 0 Å². The smallest absolute Gasteiger partial charge is 0.319 e. The Morgan fingerprint density at radius 2 is 2.15 bits per heavy atom. The van der Waals surface area contributed by atoms with E-state index in [0.29, 0.717) is 5.75 Å². The first-order valence-electron chi connectivity index (χ1n) is 6.62. The standard InChI is InChI=1S/C14H19FN2O3/c1-20-10-4-5-11(15)12(8-10)16-13(19)17-14(9-18)6-2-3-7-14/h4-5,8,18H,2-3,6-7,9H2,1H3,(H2,16,17,19). The Morgan fingerprint density at radius 3 is 2.75 bits per heavy atom. The van der Waals surface area contributed by atoms with Crippen molar-refractivity contribution < 1.29 is 19.0 Å². The van der Waals surface area contributed by atoms with Crippen LogP contribution in [0.25, 0.3) is 0 Å². The molecule has 1 fully saturated rings. The zero-order chi connectivity index (χ0) is 14.6. The van der Waals surface area contributed by atoms with Crippen molar-refractivity contribution in [3.8, 4) is 5.75 Å². The molecule has 0 aliphatic heterocycles. The fourth-order valence-electron chi connectivity index (χ4n) is 2.50. The number of carbonyl (C=O) groups excluding carboxylic acids is 1. The monoisotopic (exact) mass is 282 g/mol. The lowest BCUT2D eigenvalue weighted by Crippen LogP contribution is -2.50. The SMILES string of the molecule is COc1ccc(F)c(NC(=O)NC2(CO)CCCC2)c1. The fraction of sp³-hybridized carbons (Fsp3) is 0.500. The van der Waals surface area contributed by atoms with E-state index in [9.17, 15) is 14.3 Å². The first-order valence-corrected chi connectivity index (χ1v) is 6.62. The molecule has 1 aliphatic rings. The summed E-state index contributed by atoms with van der Waals surface area (Å²) in [4.78, 5) is 11.9. The van der Waals surface area contributed by atoms with E-state index < -0.39 is 17.4 Å². The molecule has 1 aromatic carbocycles. The molecule has 110 valence electrons. The second kappa shape index (κ2) is 6.09. The summed E-state index contributed by atoms with van der Waals surface area (Å²) < 4.78 is 18.6. The van der Waals surface area contributed by atoms with Crippen molar-refractivity contribution in [2.24, 2.45) is 0 Å². The van der Waals surface area contributed by atoms with Gasteiger partial charge in [0.25, 0.3) is 0 Å². The van der Waals surface area contributed by atoms with Crippen LogP contribution in [0.4, 0.5) is 14.9 Å². The Bertz CT molecular complexity index is 487. The van der Waals surface area contributed by atoms with Crippen molar-refractivity contribution in [3.05, 3.63) is 24.0 Å². The van der Waals surface area contributed by atoms with E-state index >= 15 is 0 Å². The number of nitrogens with one attached hydrogen (secondary N) is 2. The average Bonchev–Trinajstić information content (AvgIpc) is 2.90. The van der Waals surface area contributed by atoms with Crippen molar-refractivity contribution >= 4 is 11.7 Å². The number of aliphatic hydroxyl groups excluding tert-OH is 1. The van der Waals surface area contributed by atoms with Gasteiger partial charge in [-0.1, -0.05) is 12.8 Å². The normalized spacial score (nSPS) is 16.8. The van der Waals surface area contributed by atoms with Crippen LogP contribution in [-0.2, 0) is 0 Å². The number of ether oxygens (including phenoxy) is 1. The molecular formula is C14H19FN2O3. The van der Waals surface area contributed by atoms with Gasteiger partial charge in [-0.15, -0.1) is 0 Å². The van der Waals surface area contributed by atoms with E-state index in [4.69, 9.17) is 4.74 Å². The van der Waals surface area contributed by atoms with Gasteiger partial charge in [0.2, 0.25) is 0 Å². The Balaban J connectivity index is 2.04. The van der Waals surface area contributed by atoms with Crippen LogP contribution in [0.3, 0.4) is 0 Å². The average molecular weight is 282 g/mol. The number of benzene rings is 1. The molecule has 1 aliphatic carbocycles. The highest BCUT2D eigenvalue weighted by Gasteiger charge is 2.34. The molecule has 1 saturated carbocycles. The van der Waals surface area contributed by atoms with Gasteiger partial charge < -0.3 is 20.5 Å². The molecule has 3 N–H and O–H groups in total. The molecule has 20 heavy (non-hydrogen) atoms. The predicted molar refractivity (Wildman–Crippen MR) is 73.4 cm³/mol. The van der Waals surface area contributed by atoms with Crippen LogP contribution in [0.1, 0.15) is 25.7 Å². The van der Waals surface area contributed by atoms with E-state index in [-0.39, 0.29) is 12.3 Å². The lowest BCUT2D eigenvalue weighted by atomic mass is 9.99. The van der Waals surface area contributed by atoms with Crippen LogP contribution in [-0.4, -0.2) is 30.4 Å². The molecule has 2 amide bonds. The number of aliphatic hydroxyl groups is 1. The summed E-state index contributed by atoms with van der Waals surface area (Å²) in [6, 6.07) is 3.60. The quantitative estimate of drug-likeness (QED) is 0.793. The van der Waals surface area contributed by atoms with Crippen LogP contribution < -0.4 is 15.4 Å². The summed E-state index contributed by atoms with van der Waals surface area (Å²) >= 11 is 0. The summed E-state index contributed by atoms with van der Waals surface area (Å²) in [5, 5.41) is 14.6. The summed E-state index contributed by atoms with van der Waals surface area (Å²) in [5.41, 5.74) is -0.535. The first-order chi connectivity index (χ1) is 9.58. The second-order valence-electron chi connectivity index (χ2n) is 5.07. The van der Waals surface area contributed by atoms with Crippen molar-refractivity contribution in [2.45, 2.75) is 31.2 Å². The Hall–Kier alpha value is -1.82. The van der Waals surface area contributed by atoms with E-state index in [2.05, 4.69) is 10.6 Å². The van der Waals surface area contributed by atoms with Crippen LogP contribution >= 0.6 is 0 Å². The number of anilines is 1. The molecule has 0 saturated heterocycles. The molecule has 0 radical (unpaired) electrons. The van der Waals surface area contributed by atoms with Gasteiger partial charge >= 0.3 is 6.03 Å². The molecule has 1 aromatic rings. The van der Waals surface area contributed by atoms with Gasteiger partial charge in [-0.05, 0) is 25.0 Å². The third kappa shape index (κ3) is 3.19. The van der Waals surface area contributed by atoms with E-state index in [1.165, 1.54) is 25.3 Å². The summed E-state index contributed by atoms with van der Waals surface area (Å²) in [6.45, 7) is -0.110. The number of carbonyl (C=O) groups is 1. The highest BCUT2D eigenvalue weighted by atomic mass is 19.1. The molecule has 0 atom stereocenters. The van der Waals surface area contributed by atoms with E-state index in [1.807, 2.05) is 0 Å². The number of methoxy groups -OCH3 is 1. The third-order valence-corrected chi connectivity index (χ3v) is 3.66. The number of hydrogen-bond donors (Lipinski definition) is 3. The number of halogens is 1. The highest BCUT2D eigenvalue weighted by Crippen LogP contribution is 2.29. The molecule has 6 heteroatoms. The predicted octanol–water partition coefficient (Wildman–Crippen LogP) is 2.26. The molecule has 0 bridgehead atoms. The van der Waals surface area contributed by atoms with Gasteiger partial charge in [-0.2, -0.15) is 0 Å². The maximum absolute atomic E-state index is 13.6. The minimum atomic E-state index is -0.584. The number of amides is 2.